The first-order chi connectivity index (χ1) is 18.0. The van der Waals surface area contributed by atoms with Crippen LogP contribution in [0.25, 0.3) is 0 Å². The number of carboxylic acid groups (broad SMARTS) is 1. The number of carbonyl (C=O) groups excluding carboxylic acids is 6. The molecule has 15 nitrogen and oxygen atoms in total. The van der Waals surface area contributed by atoms with E-state index in [0.717, 1.165) is 0 Å². The SMILES string of the molecule is C[Se]CC[C@H](NC(=O)[C@H](C)NC(=O)[C@H](C)NC(=O)[C@H](C)NC(=O)[C@H](C)NC(=O)[C@H](C)N)C(=O)N[C@@H](C)C(=O)O. The van der Waals surface area contributed by atoms with Crippen molar-refractivity contribution in [1.29, 1.82) is 0 Å². The van der Waals surface area contributed by atoms with Gasteiger partial charge in [-0.05, 0) is 20.8 Å². The fraction of sp³-hybridized carbons (Fsp3) is 0.696. The number of hydrogen-bond donors (Lipinski definition) is 8. The van der Waals surface area contributed by atoms with Crippen molar-refractivity contribution in [2.24, 2.45) is 5.73 Å². The summed E-state index contributed by atoms with van der Waals surface area (Å²) < 4.78 is 0. The van der Waals surface area contributed by atoms with Crippen LogP contribution in [-0.4, -0.2) is 104 Å². The topological polar surface area (TPSA) is 238 Å². The van der Waals surface area contributed by atoms with E-state index in [-0.39, 0.29) is 15.0 Å². The van der Waals surface area contributed by atoms with E-state index in [4.69, 9.17) is 10.8 Å². The van der Waals surface area contributed by atoms with Crippen molar-refractivity contribution in [3.05, 3.63) is 0 Å². The van der Waals surface area contributed by atoms with Crippen molar-refractivity contribution in [2.45, 2.75) is 101 Å². The molecular weight excluding hydrogens is 581 g/mol. The molecule has 9 N–H and O–H groups in total. The normalized spacial score (nSPS) is 16.1. The van der Waals surface area contributed by atoms with Gasteiger partial charge in [0.25, 0.3) is 0 Å². The molecule has 0 saturated carbocycles. The molecule has 7 atom stereocenters. The van der Waals surface area contributed by atoms with Gasteiger partial charge in [0, 0.05) is 0 Å². The Hall–Kier alpha value is -3.23. The molecule has 0 aliphatic carbocycles. The van der Waals surface area contributed by atoms with Crippen molar-refractivity contribution in [1.82, 2.24) is 31.9 Å². The summed E-state index contributed by atoms with van der Waals surface area (Å²) in [5.41, 5.74) is 5.45. The Morgan fingerprint density at radius 3 is 1.26 bits per heavy atom. The van der Waals surface area contributed by atoms with Gasteiger partial charge in [0.15, 0.2) is 0 Å². The van der Waals surface area contributed by atoms with E-state index in [1.165, 1.54) is 41.5 Å². The summed E-state index contributed by atoms with van der Waals surface area (Å²) in [6.45, 7) is 8.34. The van der Waals surface area contributed by atoms with E-state index in [1.54, 1.807) is 0 Å². The van der Waals surface area contributed by atoms with Gasteiger partial charge in [0.05, 0.1) is 6.04 Å². The second-order valence-corrected chi connectivity index (χ2v) is 11.2. The van der Waals surface area contributed by atoms with Crippen LogP contribution in [0.4, 0.5) is 0 Å². The van der Waals surface area contributed by atoms with Crippen LogP contribution in [0.3, 0.4) is 0 Å². The van der Waals surface area contributed by atoms with Crippen LogP contribution >= 0.6 is 0 Å². The van der Waals surface area contributed by atoms with Gasteiger partial charge in [-0.3, -0.25) is 9.59 Å². The third-order valence-electron chi connectivity index (χ3n) is 5.39. The number of rotatable bonds is 16. The molecule has 6 amide bonds. The van der Waals surface area contributed by atoms with Crippen LogP contribution in [0, 0.1) is 0 Å². The van der Waals surface area contributed by atoms with Crippen LogP contribution in [0.15, 0.2) is 0 Å². The van der Waals surface area contributed by atoms with Gasteiger partial charge in [0.1, 0.15) is 6.04 Å². The molecular formula is C23H41N7O8Se. The molecule has 0 saturated heterocycles. The van der Waals surface area contributed by atoms with Crippen LogP contribution in [0.1, 0.15) is 48.0 Å². The summed E-state index contributed by atoms with van der Waals surface area (Å²) in [6.07, 6.45) is 0.296. The zero-order valence-electron chi connectivity index (χ0n) is 23.2. The first-order valence-corrected chi connectivity index (χ1v) is 15.2. The van der Waals surface area contributed by atoms with Gasteiger partial charge in [0.2, 0.25) is 11.8 Å². The Kier molecular flexibility index (Phi) is 15.9. The van der Waals surface area contributed by atoms with E-state index in [2.05, 4.69) is 31.9 Å². The van der Waals surface area contributed by atoms with E-state index < -0.39 is 83.7 Å². The molecule has 0 unspecified atom stereocenters. The Labute approximate surface area is 234 Å². The van der Waals surface area contributed by atoms with Gasteiger partial charge < -0.3 is 16.4 Å². The molecule has 0 heterocycles. The summed E-state index contributed by atoms with van der Waals surface area (Å²) in [4.78, 5) is 85.0. The summed E-state index contributed by atoms with van der Waals surface area (Å²) >= 11 is 0.209. The van der Waals surface area contributed by atoms with Crippen molar-refractivity contribution in [3.8, 4) is 0 Å². The molecule has 0 aliphatic rings. The number of nitrogens with one attached hydrogen (secondary N) is 6. The van der Waals surface area contributed by atoms with Gasteiger partial charge >= 0.3 is 163 Å². The zero-order valence-corrected chi connectivity index (χ0v) is 25.0. The van der Waals surface area contributed by atoms with Gasteiger partial charge in [-0.25, -0.2) is 0 Å². The molecule has 0 aliphatic heterocycles. The molecule has 0 aromatic carbocycles. The summed E-state index contributed by atoms with van der Waals surface area (Å²) in [5, 5.41) is 24.2. The van der Waals surface area contributed by atoms with Crippen LogP contribution in [-0.2, 0) is 33.6 Å². The third-order valence-corrected chi connectivity index (χ3v) is 6.75. The predicted molar refractivity (Wildman–Crippen MR) is 142 cm³/mol. The second-order valence-electron chi connectivity index (χ2n) is 9.12. The number of amides is 6. The van der Waals surface area contributed by atoms with Crippen molar-refractivity contribution >= 4 is 56.4 Å². The molecule has 0 aromatic heterocycles. The number of carboxylic acids is 1. The van der Waals surface area contributed by atoms with Crippen molar-refractivity contribution in [3.63, 3.8) is 0 Å². The number of aliphatic carboxylic acids is 1. The minimum atomic E-state index is -1.22. The van der Waals surface area contributed by atoms with E-state index in [0.29, 0.717) is 11.7 Å². The van der Waals surface area contributed by atoms with E-state index in [9.17, 15) is 33.6 Å². The van der Waals surface area contributed by atoms with Crippen LogP contribution < -0.4 is 37.6 Å². The number of nitrogens with two attached hydrogens (primary N) is 1. The molecule has 222 valence electrons. The Bertz CT molecular complexity index is 917. The zero-order chi connectivity index (χ0) is 30.4. The molecule has 39 heavy (non-hydrogen) atoms. The number of carbonyl (C=O) groups is 7. The first-order valence-electron chi connectivity index (χ1n) is 12.3. The quantitative estimate of drug-likeness (QED) is 0.0817. The third kappa shape index (κ3) is 13.4. The minimum absolute atomic E-state index is 0.209. The predicted octanol–water partition coefficient (Wildman–Crippen LogP) is -3.01. The molecule has 0 bridgehead atoms. The average molecular weight is 623 g/mol. The van der Waals surface area contributed by atoms with Crippen LogP contribution in [0.2, 0.25) is 11.1 Å². The van der Waals surface area contributed by atoms with Gasteiger partial charge in [-0.2, -0.15) is 0 Å². The maximum atomic E-state index is 12.6. The van der Waals surface area contributed by atoms with Gasteiger partial charge in [-0.1, -0.05) is 0 Å². The van der Waals surface area contributed by atoms with Gasteiger partial charge in [-0.15, -0.1) is 0 Å². The monoisotopic (exact) mass is 623 g/mol. The Morgan fingerprint density at radius 1 is 0.590 bits per heavy atom. The average Bonchev–Trinajstić information content (AvgIpc) is 2.85. The molecule has 0 rings (SSSR count). The van der Waals surface area contributed by atoms with Crippen LogP contribution in [0.5, 0.6) is 0 Å². The maximum absolute atomic E-state index is 12.6. The standard InChI is InChI=1S/C23H41N7O8Se/c1-10(24)17(31)25-11(2)18(32)26-12(3)19(33)27-13(4)20(34)28-14(5)21(35)30-16(8-9-39-7)22(36)29-15(6)23(37)38/h10-16H,8-9,24H2,1-7H3,(H,25,31)(H,26,32)(H,27,33)(H,28,34)(H,29,36)(H,30,35)(H,37,38)/t10-,11-,12-,13-,14-,15-,16-/m0/s1. The second kappa shape index (κ2) is 17.4. The summed E-state index contributed by atoms with van der Waals surface area (Å²) in [7, 11) is 0. The van der Waals surface area contributed by atoms with Crippen molar-refractivity contribution < 1.29 is 38.7 Å². The molecule has 0 fully saturated rings. The first kappa shape index (κ1) is 35.8. The molecule has 16 heteroatoms. The Balaban J connectivity index is 4.94. The molecule has 0 aromatic rings. The van der Waals surface area contributed by atoms with E-state index >= 15 is 0 Å². The van der Waals surface area contributed by atoms with E-state index in [1.807, 2.05) is 5.82 Å². The fourth-order valence-electron chi connectivity index (χ4n) is 2.80. The molecule has 0 radical (unpaired) electrons. The Morgan fingerprint density at radius 2 is 0.923 bits per heavy atom. The molecule has 0 spiro atoms. The van der Waals surface area contributed by atoms with Crippen molar-refractivity contribution in [2.75, 3.05) is 0 Å². The fourth-order valence-corrected chi connectivity index (χ4v) is 3.79. The summed E-state index contributed by atoms with van der Waals surface area (Å²) in [6, 6.07) is -7.10. The summed E-state index contributed by atoms with van der Waals surface area (Å²) in [5.74, 6) is -3.13. The number of hydrogen-bond acceptors (Lipinski definition) is 8.